The normalized spacial score (nSPS) is 22.3. The number of para-hydroxylation sites is 1. The number of methoxy groups -OCH3 is 1. The van der Waals surface area contributed by atoms with Crippen molar-refractivity contribution in [3.8, 4) is 5.75 Å². The van der Waals surface area contributed by atoms with Crippen LogP contribution in [0.4, 0.5) is 4.79 Å². The summed E-state index contributed by atoms with van der Waals surface area (Å²) in [6, 6.07) is 7.03. The largest absolute Gasteiger partial charge is 0.496 e. The lowest BCUT2D eigenvalue weighted by atomic mass is 9.92. The zero-order valence-corrected chi connectivity index (χ0v) is 13.7. The number of rotatable bonds is 2. The van der Waals surface area contributed by atoms with Gasteiger partial charge in [0.25, 0.3) is 0 Å². The maximum Gasteiger partial charge on any atom is 0.410 e. The summed E-state index contributed by atoms with van der Waals surface area (Å²) in [5, 5.41) is 10.5. The Morgan fingerprint density at radius 3 is 2.64 bits per heavy atom. The summed E-state index contributed by atoms with van der Waals surface area (Å²) in [5.41, 5.74) is 0.244. The Labute approximate surface area is 131 Å². The number of ether oxygens (including phenoxy) is 2. The van der Waals surface area contributed by atoms with E-state index < -0.39 is 23.8 Å². The standard InChI is InChI=1S/C17H25NO4/c1-17(2,3)22-16(20)18-11-7-9-13(19)15(18)12-8-5-6-10-14(12)21-4/h5-6,8,10,13,15,19H,7,9,11H2,1-4H3/t13-,15-/m0/s1. The SMILES string of the molecule is COc1ccccc1[C@H]1[C@@H](O)CCCN1C(=O)OC(C)(C)C. The summed E-state index contributed by atoms with van der Waals surface area (Å²) >= 11 is 0. The summed E-state index contributed by atoms with van der Waals surface area (Å²) in [6.07, 6.45) is 0.383. The lowest BCUT2D eigenvalue weighted by Crippen LogP contribution is -2.47. The van der Waals surface area contributed by atoms with E-state index >= 15 is 0 Å². The molecule has 1 fully saturated rings. The maximum atomic E-state index is 12.5. The van der Waals surface area contributed by atoms with Crippen LogP contribution in [0.25, 0.3) is 0 Å². The third-order valence-corrected chi connectivity index (χ3v) is 3.68. The highest BCUT2D eigenvalue weighted by atomic mass is 16.6. The Kier molecular flexibility index (Phi) is 4.96. The van der Waals surface area contributed by atoms with Crippen molar-refractivity contribution in [3.05, 3.63) is 29.8 Å². The lowest BCUT2D eigenvalue weighted by molar-refractivity contribution is -0.0243. The van der Waals surface area contributed by atoms with Gasteiger partial charge >= 0.3 is 6.09 Å². The highest BCUT2D eigenvalue weighted by molar-refractivity contribution is 5.69. The molecule has 122 valence electrons. The first kappa shape index (κ1) is 16.6. The molecule has 1 aliphatic rings. The number of aliphatic hydroxyl groups excluding tert-OH is 1. The van der Waals surface area contributed by atoms with Crippen molar-refractivity contribution in [1.82, 2.24) is 4.90 Å². The highest BCUT2D eigenvalue weighted by Gasteiger charge is 2.38. The monoisotopic (exact) mass is 307 g/mol. The van der Waals surface area contributed by atoms with Gasteiger partial charge in [-0.05, 0) is 39.7 Å². The molecule has 1 aromatic carbocycles. The van der Waals surface area contributed by atoms with Crippen LogP contribution < -0.4 is 4.74 Å². The Morgan fingerprint density at radius 2 is 2.00 bits per heavy atom. The minimum Gasteiger partial charge on any atom is -0.496 e. The van der Waals surface area contributed by atoms with Crippen LogP contribution in [0, 0.1) is 0 Å². The molecule has 0 aliphatic carbocycles. The molecule has 2 atom stereocenters. The predicted molar refractivity (Wildman–Crippen MR) is 83.9 cm³/mol. The molecule has 1 saturated heterocycles. The van der Waals surface area contributed by atoms with Crippen LogP contribution in [0.1, 0.15) is 45.2 Å². The van der Waals surface area contributed by atoms with Gasteiger partial charge in [0.2, 0.25) is 0 Å². The van der Waals surface area contributed by atoms with Crippen LogP contribution in [-0.4, -0.2) is 41.5 Å². The number of carbonyl (C=O) groups is 1. The van der Waals surface area contributed by atoms with Crippen molar-refractivity contribution in [2.75, 3.05) is 13.7 Å². The molecule has 1 N–H and O–H groups in total. The van der Waals surface area contributed by atoms with Crippen LogP contribution in [-0.2, 0) is 4.74 Å². The lowest BCUT2D eigenvalue weighted by Gasteiger charge is -2.40. The topological polar surface area (TPSA) is 59.0 Å². The van der Waals surface area contributed by atoms with Crippen LogP contribution in [0.2, 0.25) is 0 Å². The number of carbonyl (C=O) groups excluding carboxylic acids is 1. The second kappa shape index (κ2) is 6.57. The van der Waals surface area contributed by atoms with Crippen molar-refractivity contribution in [1.29, 1.82) is 0 Å². The van der Waals surface area contributed by atoms with Crippen molar-refractivity contribution >= 4 is 6.09 Å². The first-order chi connectivity index (χ1) is 10.3. The molecular weight excluding hydrogens is 282 g/mol. The Morgan fingerprint density at radius 1 is 1.32 bits per heavy atom. The number of benzene rings is 1. The fourth-order valence-corrected chi connectivity index (χ4v) is 2.79. The van der Waals surface area contributed by atoms with Crippen molar-refractivity contribution in [3.63, 3.8) is 0 Å². The fourth-order valence-electron chi connectivity index (χ4n) is 2.79. The van der Waals surface area contributed by atoms with Gasteiger partial charge in [-0.25, -0.2) is 4.79 Å². The molecule has 1 amide bonds. The van der Waals surface area contributed by atoms with Gasteiger partial charge in [0.05, 0.1) is 19.3 Å². The van der Waals surface area contributed by atoms with Crippen molar-refractivity contribution in [2.45, 2.75) is 51.4 Å². The van der Waals surface area contributed by atoms with Crippen molar-refractivity contribution in [2.24, 2.45) is 0 Å². The van der Waals surface area contributed by atoms with Crippen LogP contribution in [0.3, 0.4) is 0 Å². The molecule has 0 radical (unpaired) electrons. The number of nitrogens with zero attached hydrogens (tertiary/aromatic N) is 1. The van der Waals surface area contributed by atoms with Gasteiger partial charge < -0.3 is 14.6 Å². The minimum absolute atomic E-state index is 0.401. The molecule has 0 aromatic heterocycles. The molecule has 0 saturated carbocycles. The number of hydrogen-bond donors (Lipinski definition) is 1. The van der Waals surface area contributed by atoms with E-state index in [-0.39, 0.29) is 0 Å². The van der Waals surface area contributed by atoms with Gasteiger partial charge in [-0.1, -0.05) is 18.2 Å². The third-order valence-electron chi connectivity index (χ3n) is 3.68. The first-order valence-corrected chi connectivity index (χ1v) is 7.64. The van der Waals surface area contributed by atoms with Gasteiger partial charge in [0.1, 0.15) is 11.4 Å². The average molecular weight is 307 g/mol. The number of likely N-dealkylation sites (tertiary alicyclic amines) is 1. The maximum absolute atomic E-state index is 12.5. The van der Waals surface area contributed by atoms with Gasteiger partial charge in [-0.3, -0.25) is 4.90 Å². The Balaban J connectivity index is 2.33. The van der Waals surface area contributed by atoms with E-state index in [0.717, 1.165) is 12.0 Å². The fraction of sp³-hybridized carbons (Fsp3) is 0.588. The van der Waals surface area contributed by atoms with Gasteiger partial charge in [-0.2, -0.15) is 0 Å². The molecule has 5 nitrogen and oxygen atoms in total. The zero-order chi connectivity index (χ0) is 16.3. The Bertz CT molecular complexity index is 524. The van der Waals surface area contributed by atoms with E-state index in [9.17, 15) is 9.90 Å². The molecule has 0 bridgehead atoms. The molecule has 0 unspecified atom stereocenters. The molecular formula is C17H25NO4. The quantitative estimate of drug-likeness (QED) is 0.912. The number of piperidine rings is 1. The Hall–Kier alpha value is -1.75. The van der Waals surface area contributed by atoms with Crippen LogP contribution in [0.15, 0.2) is 24.3 Å². The van der Waals surface area contributed by atoms with E-state index in [0.29, 0.717) is 18.7 Å². The first-order valence-electron chi connectivity index (χ1n) is 7.64. The highest BCUT2D eigenvalue weighted by Crippen LogP contribution is 2.37. The second-order valence-electron chi connectivity index (χ2n) is 6.57. The average Bonchev–Trinajstić information content (AvgIpc) is 2.45. The van der Waals surface area contributed by atoms with E-state index in [1.165, 1.54) is 0 Å². The van der Waals surface area contributed by atoms with Gasteiger partial charge in [0, 0.05) is 12.1 Å². The molecule has 0 spiro atoms. The van der Waals surface area contributed by atoms with E-state index in [1.54, 1.807) is 12.0 Å². The molecule has 1 aliphatic heterocycles. The third kappa shape index (κ3) is 3.71. The predicted octanol–water partition coefficient (Wildman–Crippen LogP) is 3.13. The number of amides is 1. The summed E-state index contributed by atoms with van der Waals surface area (Å²) < 4.78 is 10.9. The molecule has 1 aromatic rings. The smallest absolute Gasteiger partial charge is 0.410 e. The molecule has 2 rings (SSSR count). The summed E-state index contributed by atoms with van der Waals surface area (Å²) in [5.74, 6) is 0.669. The molecule has 5 heteroatoms. The van der Waals surface area contributed by atoms with Crippen LogP contribution >= 0.6 is 0 Å². The number of aliphatic hydroxyl groups is 1. The second-order valence-corrected chi connectivity index (χ2v) is 6.57. The van der Waals surface area contributed by atoms with Gasteiger partial charge in [-0.15, -0.1) is 0 Å². The summed E-state index contributed by atoms with van der Waals surface area (Å²) in [4.78, 5) is 14.1. The van der Waals surface area contributed by atoms with E-state index in [2.05, 4.69) is 0 Å². The van der Waals surface area contributed by atoms with Gasteiger partial charge in [0.15, 0.2) is 0 Å². The zero-order valence-electron chi connectivity index (χ0n) is 13.7. The minimum atomic E-state index is -0.627. The van der Waals surface area contributed by atoms with Crippen LogP contribution in [0.5, 0.6) is 5.75 Å². The summed E-state index contributed by atoms with van der Waals surface area (Å²) in [7, 11) is 1.59. The van der Waals surface area contributed by atoms with Crippen molar-refractivity contribution < 1.29 is 19.4 Å². The molecule has 22 heavy (non-hydrogen) atoms. The van der Waals surface area contributed by atoms with E-state index in [1.807, 2.05) is 45.0 Å². The van der Waals surface area contributed by atoms with E-state index in [4.69, 9.17) is 9.47 Å². The summed E-state index contributed by atoms with van der Waals surface area (Å²) in [6.45, 7) is 6.07. The molecule has 1 heterocycles. The number of hydrogen-bond acceptors (Lipinski definition) is 4.